The molecular weight excluding hydrogens is 463 g/mol. The third-order valence-electron chi connectivity index (χ3n) is 4.76. The van der Waals surface area contributed by atoms with Crippen molar-refractivity contribution < 1.29 is 19.1 Å². The van der Waals surface area contributed by atoms with Crippen molar-refractivity contribution in [3.05, 3.63) is 106 Å². The third kappa shape index (κ3) is 7.63. The van der Waals surface area contributed by atoms with Gasteiger partial charge in [-0.3, -0.25) is 14.4 Å². The first-order valence-corrected chi connectivity index (χ1v) is 10.9. The number of nitrogens with one attached hydrogen (secondary N) is 2. The summed E-state index contributed by atoms with van der Waals surface area (Å²) in [5.41, 5.74) is 1.89. The van der Waals surface area contributed by atoms with Crippen molar-refractivity contribution in [3.63, 3.8) is 0 Å². The highest BCUT2D eigenvalue weighted by atomic mass is 35.5. The van der Waals surface area contributed by atoms with Crippen LogP contribution in [0.15, 0.2) is 78.9 Å². The summed E-state index contributed by atoms with van der Waals surface area (Å²) in [4.78, 5) is 37.2. The fraction of sp³-hybridized carbons (Fsp3) is 0.160. The van der Waals surface area contributed by atoms with Gasteiger partial charge in [0, 0.05) is 11.6 Å². The van der Waals surface area contributed by atoms with E-state index in [4.69, 9.17) is 27.9 Å². The molecular formula is C25H22Cl2N2O4. The molecule has 0 heterocycles. The van der Waals surface area contributed by atoms with E-state index in [-0.39, 0.29) is 13.0 Å². The van der Waals surface area contributed by atoms with Gasteiger partial charge in [0.2, 0.25) is 0 Å². The predicted molar refractivity (Wildman–Crippen MR) is 127 cm³/mol. The average molecular weight is 485 g/mol. The van der Waals surface area contributed by atoms with Gasteiger partial charge < -0.3 is 15.4 Å². The molecule has 0 radical (unpaired) electrons. The molecule has 6 nitrogen and oxygen atoms in total. The molecule has 0 aliphatic heterocycles. The van der Waals surface area contributed by atoms with Crippen molar-refractivity contribution in [3.8, 4) is 0 Å². The van der Waals surface area contributed by atoms with Crippen molar-refractivity contribution >= 4 is 41.0 Å². The van der Waals surface area contributed by atoms with Crippen molar-refractivity contribution in [1.82, 2.24) is 10.6 Å². The molecule has 170 valence electrons. The van der Waals surface area contributed by atoms with E-state index in [2.05, 4.69) is 10.6 Å². The third-order valence-corrected chi connectivity index (χ3v) is 5.35. The number of benzene rings is 3. The lowest BCUT2D eigenvalue weighted by atomic mass is 10.0. The van der Waals surface area contributed by atoms with Gasteiger partial charge in [-0.15, -0.1) is 0 Å². The normalized spacial score (nSPS) is 11.3. The summed E-state index contributed by atoms with van der Waals surface area (Å²) in [5.74, 6) is -1.47. The van der Waals surface area contributed by atoms with Gasteiger partial charge in [-0.2, -0.15) is 0 Å². The number of amides is 2. The first kappa shape index (κ1) is 24.3. The Kier molecular flexibility index (Phi) is 8.87. The maximum Gasteiger partial charge on any atom is 0.308 e. The number of hydrogen-bond acceptors (Lipinski definition) is 4. The van der Waals surface area contributed by atoms with Crippen LogP contribution in [0.4, 0.5) is 0 Å². The number of carbonyl (C=O) groups excluding carboxylic acids is 3. The van der Waals surface area contributed by atoms with Gasteiger partial charge in [0.1, 0.15) is 0 Å². The average Bonchev–Trinajstić information content (AvgIpc) is 2.82. The Morgan fingerprint density at radius 1 is 0.848 bits per heavy atom. The molecule has 3 rings (SSSR count). The van der Waals surface area contributed by atoms with Crippen LogP contribution < -0.4 is 10.6 Å². The maximum absolute atomic E-state index is 12.7. The van der Waals surface area contributed by atoms with Gasteiger partial charge in [0.25, 0.3) is 11.8 Å². The summed E-state index contributed by atoms with van der Waals surface area (Å²) in [7, 11) is 0. The van der Waals surface area contributed by atoms with E-state index in [0.29, 0.717) is 15.6 Å². The summed E-state index contributed by atoms with van der Waals surface area (Å²) < 4.78 is 5.12. The van der Waals surface area contributed by atoms with Gasteiger partial charge in [0.15, 0.2) is 6.61 Å². The maximum atomic E-state index is 12.7. The minimum Gasteiger partial charge on any atom is -0.456 e. The Labute approximate surface area is 201 Å². The first-order valence-electron chi connectivity index (χ1n) is 10.2. The predicted octanol–water partition coefficient (Wildman–Crippen LogP) is 4.71. The zero-order chi connectivity index (χ0) is 23.6. The van der Waals surface area contributed by atoms with Gasteiger partial charge >= 0.3 is 5.97 Å². The highest BCUT2D eigenvalue weighted by molar-refractivity contribution is 6.33. The van der Waals surface area contributed by atoms with Crippen LogP contribution in [-0.4, -0.2) is 24.4 Å². The SMILES string of the molecule is O=C(COC(=O)CC(NC(=O)c1ccccc1Cl)c1ccccc1)NCc1ccc(Cl)cc1. The molecule has 0 aliphatic carbocycles. The Morgan fingerprint density at radius 3 is 2.21 bits per heavy atom. The van der Waals surface area contributed by atoms with Crippen LogP contribution in [0, 0.1) is 0 Å². The molecule has 0 aliphatic rings. The molecule has 1 unspecified atom stereocenters. The van der Waals surface area contributed by atoms with Crippen molar-refractivity contribution in [2.45, 2.75) is 19.0 Å². The van der Waals surface area contributed by atoms with Crippen molar-refractivity contribution in [2.75, 3.05) is 6.61 Å². The molecule has 2 amide bonds. The molecule has 8 heteroatoms. The smallest absolute Gasteiger partial charge is 0.308 e. The molecule has 33 heavy (non-hydrogen) atoms. The number of rotatable bonds is 9. The topological polar surface area (TPSA) is 84.5 Å². The summed E-state index contributed by atoms with van der Waals surface area (Å²) in [6.45, 7) is -0.138. The Morgan fingerprint density at radius 2 is 1.52 bits per heavy atom. The second kappa shape index (κ2) is 12.0. The fourth-order valence-corrected chi connectivity index (χ4v) is 3.39. The van der Waals surface area contributed by atoms with Crippen molar-refractivity contribution in [2.24, 2.45) is 0 Å². The van der Waals surface area contributed by atoms with Crippen LogP contribution in [0.1, 0.15) is 33.9 Å². The molecule has 0 saturated carbocycles. The Bertz CT molecular complexity index is 1100. The summed E-state index contributed by atoms with van der Waals surface area (Å²) >= 11 is 12.0. The van der Waals surface area contributed by atoms with E-state index in [0.717, 1.165) is 11.1 Å². The number of carbonyl (C=O) groups is 3. The lowest BCUT2D eigenvalue weighted by Crippen LogP contribution is -2.32. The van der Waals surface area contributed by atoms with Crippen molar-refractivity contribution in [1.29, 1.82) is 0 Å². The fourth-order valence-electron chi connectivity index (χ4n) is 3.04. The molecule has 0 spiro atoms. The van der Waals surface area contributed by atoms with E-state index in [1.54, 1.807) is 72.8 Å². The van der Waals surface area contributed by atoms with Crippen LogP contribution in [0.2, 0.25) is 10.0 Å². The molecule has 3 aromatic carbocycles. The van der Waals surface area contributed by atoms with Gasteiger partial charge in [-0.25, -0.2) is 0 Å². The molecule has 3 aromatic rings. The minimum absolute atomic E-state index is 0.148. The number of ether oxygens (including phenoxy) is 1. The Balaban J connectivity index is 1.56. The van der Waals surface area contributed by atoms with Crippen LogP contribution in [0.3, 0.4) is 0 Å². The summed E-state index contributed by atoms with van der Waals surface area (Å²) in [5, 5.41) is 6.41. The molecule has 0 bridgehead atoms. The summed E-state index contributed by atoms with van der Waals surface area (Å²) in [6, 6.07) is 22.1. The van der Waals surface area contributed by atoms with Crippen LogP contribution in [0.5, 0.6) is 0 Å². The Hall–Kier alpha value is -3.35. The second-order valence-corrected chi connectivity index (χ2v) is 8.03. The van der Waals surface area contributed by atoms with Crippen LogP contribution >= 0.6 is 23.2 Å². The largest absolute Gasteiger partial charge is 0.456 e. The van der Waals surface area contributed by atoms with E-state index in [1.165, 1.54) is 0 Å². The molecule has 2 N–H and O–H groups in total. The molecule has 0 saturated heterocycles. The van der Waals surface area contributed by atoms with E-state index in [1.807, 2.05) is 6.07 Å². The number of hydrogen-bond donors (Lipinski definition) is 2. The van der Waals surface area contributed by atoms with E-state index < -0.39 is 30.4 Å². The van der Waals surface area contributed by atoms with Crippen LogP contribution in [0.25, 0.3) is 0 Å². The van der Waals surface area contributed by atoms with Gasteiger partial charge in [0.05, 0.1) is 23.0 Å². The zero-order valence-electron chi connectivity index (χ0n) is 17.6. The highest BCUT2D eigenvalue weighted by Crippen LogP contribution is 2.20. The first-order chi connectivity index (χ1) is 15.9. The lowest BCUT2D eigenvalue weighted by Gasteiger charge is -2.19. The van der Waals surface area contributed by atoms with E-state index in [9.17, 15) is 14.4 Å². The quantitative estimate of drug-likeness (QED) is 0.430. The summed E-state index contributed by atoms with van der Waals surface area (Å²) in [6.07, 6.45) is -0.148. The molecule has 1 atom stereocenters. The molecule has 0 fully saturated rings. The number of halogens is 2. The highest BCUT2D eigenvalue weighted by Gasteiger charge is 2.21. The zero-order valence-corrected chi connectivity index (χ0v) is 19.1. The second-order valence-electron chi connectivity index (χ2n) is 7.18. The van der Waals surface area contributed by atoms with E-state index >= 15 is 0 Å². The van der Waals surface area contributed by atoms with Gasteiger partial charge in [-0.1, -0.05) is 77.8 Å². The monoisotopic (exact) mass is 484 g/mol. The van der Waals surface area contributed by atoms with Gasteiger partial charge in [-0.05, 0) is 35.4 Å². The minimum atomic E-state index is -0.653. The van der Waals surface area contributed by atoms with Crippen LogP contribution in [-0.2, 0) is 20.9 Å². The number of esters is 1. The lowest BCUT2D eigenvalue weighted by molar-refractivity contribution is -0.149. The standard InChI is InChI=1S/C25H22Cl2N2O4/c26-19-12-10-17(11-13-19)15-28-23(30)16-33-24(31)14-22(18-6-2-1-3-7-18)29-25(32)20-8-4-5-9-21(20)27/h1-13,22H,14-16H2,(H,28,30)(H,29,32). The molecule has 0 aromatic heterocycles.